The van der Waals surface area contributed by atoms with Crippen molar-refractivity contribution >= 4 is 15.9 Å². The van der Waals surface area contributed by atoms with Crippen molar-refractivity contribution in [3.63, 3.8) is 0 Å². The van der Waals surface area contributed by atoms with Gasteiger partial charge in [0.15, 0.2) is 0 Å². The maximum atomic E-state index is 13.3. The summed E-state index contributed by atoms with van der Waals surface area (Å²) in [6.07, 6.45) is 0. The lowest BCUT2D eigenvalue weighted by Crippen LogP contribution is -2.45. The third-order valence-electron chi connectivity index (χ3n) is 5.30. The summed E-state index contributed by atoms with van der Waals surface area (Å²) in [7, 11) is 0. The zero-order chi connectivity index (χ0) is 14.5. The van der Waals surface area contributed by atoms with Crippen LogP contribution < -0.4 is 5.32 Å². The summed E-state index contributed by atoms with van der Waals surface area (Å²) in [5, 5.41) is 3.51. The van der Waals surface area contributed by atoms with E-state index in [0.29, 0.717) is 12.0 Å². The van der Waals surface area contributed by atoms with Crippen LogP contribution in [-0.2, 0) is 0 Å². The number of nitrogens with one attached hydrogen (secondary N) is 1. The van der Waals surface area contributed by atoms with E-state index in [1.165, 1.54) is 5.56 Å². The third kappa shape index (κ3) is 2.22. The van der Waals surface area contributed by atoms with E-state index in [0.717, 1.165) is 30.0 Å². The summed E-state index contributed by atoms with van der Waals surface area (Å²) in [6.45, 7) is 10.3. The molecule has 2 heterocycles. The van der Waals surface area contributed by atoms with E-state index in [2.05, 4.69) is 46.9 Å². The molecule has 1 aromatic rings. The summed E-state index contributed by atoms with van der Waals surface area (Å²) >= 11 is 3.51. The number of halogens is 2. The fraction of sp³-hybridized carbons (Fsp3) is 0.625. The summed E-state index contributed by atoms with van der Waals surface area (Å²) < 4.78 is 14.1. The molecule has 4 heteroatoms. The monoisotopic (exact) mass is 340 g/mol. The van der Waals surface area contributed by atoms with Crippen LogP contribution in [0.4, 0.5) is 4.39 Å². The molecule has 2 aliphatic heterocycles. The predicted octanol–water partition coefficient (Wildman–Crippen LogP) is 3.58. The molecule has 3 rings (SSSR count). The van der Waals surface area contributed by atoms with Crippen molar-refractivity contribution in [2.75, 3.05) is 19.6 Å². The quantitative estimate of drug-likeness (QED) is 0.885. The highest BCUT2D eigenvalue weighted by Crippen LogP contribution is 2.45. The molecule has 0 saturated carbocycles. The first-order chi connectivity index (χ1) is 9.41. The van der Waals surface area contributed by atoms with Crippen LogP contribution in [0.1, 0.15) is 32.4 Å². The molecule has 1 aromatic carbocycles. The van der Waals surface area contributed by atoms with Crippen molar-refractivity contribution in [2.45, 2.75) is 32.4 Å². The molecule has 0 bridgehead atoms. The SMILES string of the molecule is CC(c1ccc(F)cc1Br)N1CC2CNCC2C1(C)C. The Kier molecular flexibility index (Phi) is 3.68. The lowest BCUT2D eigenvalue weighted by atomic mass is 9.84. The molecule has 2 nitrogen and oxygen atoms in total. The highest BCUT2D eigenvalue weighted by atomic mass is 79.9. The van der Waals surface area contributed by atoms with E-state index >= 15 is 0 Å². The lowest BCUT2D eigenvalue weighted by molar-refractivity contribution is 0.0967. The molecule has 3 unspecified atom stereocenters. The predicted molar refractivity (Wildman–Crippen MR) is 83.1 cm³/mol. The van der Waals surface area contributed by atoms with Gasteiger partial charge in [-0.05, 0) is 56.8 Å². The van der Waals surface area contributed by atoms with Gasteiger partial charge in [0.05, 0.1) is 0 Å². The molecular formula is C16H22BrFN2. The number of hydrogen-bond acceptors (Lipinski definition) is 2. The van der Waals surface area contributed by atoms with Gasteiger partial charge in [-0.3, -0.25) is 4.90 Å². The Morgan fingerprint density at radius 1 is 1.40 bits per heavy atom. The normalized spacial score (nSPS) is 30.4. The van der Waals surface area contributed by atoms with Crippen LogP contribution in [-0.4, -0.2) is 30.1 Å². The molecular weight excluding hydrogens is 319 g/mol. The Bertz CT molecular complexity index is 517. The molecule has 0 spiro atoms. The van der Waals surface area contributed by atoms with Crippen LogP contribution in [0.15, 0.2) is 22.7 Å². The first kappa shape index (κ1) is 14.5. The number of fused-ring (bicyclic) bond motifs is 1. The molecule has 110 valence electrons. The van der Waals surface area contributed by atoms with Gasteiger partial charge in [0.1, 0.15) is 5.82 Å². The van der Waals surface area contributed by atoms with Crippen LogP contribution in [0, 0.1) is 17.7 Å². The molecule has 1 N–H and O–H groups in total. The minimum atomic E-state index is -0.186. The van der Waals surface area contributed by atoms with E-state index in [-0.39, 0.29) is 11.4 Å². The Labute approximate surface area is 128 Å². The van der Waals surface area contributed by atoms with Crippen LogP contribution in [0.25, 0.3) is 0 Å². The Morgan fingerprint density at radius 2 is 2.15 bits per heavy atom. The molecule has 2 saturated heterocycles. The molecule has 0 aliphatic carbocycles. The standard InChI is InChI=1S/C16H22BrFN2/c1-10(13-5-4-12(18)6-15(13)17)20-9-11-7-19-8-14(11)16(20,2)3/h4-6,10-11,14,19H,7-9H2,1-3H3. The summed E-state index contributed by atoms with van der Waals surface area (Å²) in [6, 6.07) is 5.33. The Morgan fingerprint density at radius 3 is 2.80 bits per heavy atom. The van der Waals surface area contributed by atoms with Crippen LogP contribution in [0.3, 0.4) is 0 Å². The van der Waals surface area contributed by atoms with E-state index in [1.807, 2.05) is 6.07 Å². The van der Waals surface area contributed by atoms with E-state index < -0.39 is 0 Å². The molecule has 0 radical (unpaired) electrons. The number of likely N-dealkylation sites (tertiary alicyclic amines) is 1. The third-order valence-corrected chi connectivity index (χ3v) is 5.99. The second-order valence-electron chi connectivity index (χ2n) is 6.67. The summed E-state index contributed by atoms with van der Waals surface area (Å²) in [5.74, 6) is 1.27. The van der Waals surface area contributed by atoms with Crippen LogP contribution in [0.2, 0.25) is 0 Å². The second-order valence-corrected chi connectivity index (χ2v) is 7.53. The molecule has 2 fully saturated rings. The van der Waals surface area contributed by atoms with Gasteiger partial charge in [-0.1, -0.05) is 22.0 Å². The fourth-order valence-electron chi connectivity index (χ4n) is 4.12. The van der Waals surface area contributed by atoms with E-state index in [9.17, 15) is 4.39 Å². The van der Waals surface area contributed by atoms with Gasteiger partial charge >= 0.3 is 0 Å². The van der Waals surface area contributed by atoms with Gasteiger partial charge in [-0.15, -0.1) is 0 Å². The Hall–Kier alpha value is -0.450. The first-order valence-electron chi connectivity index (χ1n) is 7.33. The summed E-state index contributed by atoms with van der Waals surface area (Å²) in [5.41, 5.74) is 1.36. The Balaban J connectivity index is 1.89. The highest BCUT2D eigenvalue weighted by molar-refractivity contribution is 9.10. The molecule has 0 aromatic heterocycles. The van der Waals surface area contributed by atoms with Gasteiger partial charge < -0.3 is 5.32 Å². The smallest absolute Gasteiger partial charge is 0.124 e. The van der Waals surface area contributed by atoms with Crippen molar-refractivity contribution in [1.82, 2.24) is 10.2 Å². The number of benzene rings is 1. The minimum absolute atomic E-state index is 0.182. The topological polar surface area (TPSA) is 15.3 Å². The maximum absolute atomic E-state index is 13.3. The lowest BCUT2D eigenvalue weighted by Gasteiger charge is -2.40. The fourth-order valence-corrected chi connectivity index (χ4v) is 4.80. The average Bonchev–Trinajstić information content (AvgIpc) is 2.91. The second kappa shape index (κ2) is 5.08. The van der Waals surface area contributed by atoms with Crippen molar-refractivity contribution in [3.8, 4) is 0 Å². The molecule has 2 aliphatic rings. The van der Waals surface area contributed by atoms with Crippen LogP contribution in [0.5, 0.6) is 0 Å². The zero-order valence-electron chi connectivity index (χ0n) is 12.3. The average molecular weight is 341 g/mol. The zero-order valence-corrected chi connectivity index (χ0v) is 13.9. The van der Waals surface area contributed by atoms with Crippen molar-refractivity contribution in [2.24, 2.45) is 11.8 Å². The van der Waals surface area contributed by atoms with Crippen LogP contribution >= 0.6 is 15.9 Å². The first-order valence-corrected chi connectivity index (χ1v) is 8.13. The summed E-state index contributed by atoms with van der Waals surface area (Å²) in [4.78, 5) is 2.58. The molecule has 3 atom stereocenters. The van der Waals surface area contributed by atoms with Crippen molar-refractivity contribution < 1.29 is 4.39 Å². The van der Waals surface area contributed by atoms with Crippen molar-refractivity contribution in [3.05, 3.63) is 34.1 Å². The number of hydrogen-bond donors (Lipinski definition) is 1. The largest absolute Gasteiger partial charge is 0.316 e. The van der Waals surface area contributed by atoms with Gasteiger partial charge in [-0.2, -0.15) is 0 Å². The van der Waals surface area contributed by atoms with E-state index in [1.54, 1.807) is 12.1 Å². The number of nitrogens with zero attached hydrogens (tertiary/aromatic N) is 1. The van der Waals surface area contributed by atoms with Crippen molar-refractivity contribution in [1.29, 1.82) is 0 Å². The molecule has 0 amide bonds. The van der Waals surface area contributed by atoms with Gasteiger partial charge in [0, 0.05) is 29.1 Å². The van der Waals surface area contributed by atoms with Gasteiger partial charge in [0.2, 0.25) is 0 Å². The van der Waals surface area contributed by atoms with Gasteiger partial charge in [0.25, 0.3) is 0 Å². The van der Waals surface area contributed by atoms with Gasteiger partial charge in [-0.25, -0.2) is 4.39 Å². The highest BCUT2D eigenvalue weighted by Gasteiger charge is 2.50. The number of rotatable bonds is 2. The minimum Gasteiger partial charge on any atom is -0.316 e. The van der Waals surface area contributed by atoms with E-state index in [4.69, 9.17) is 0 Å². The molecule has 20 heavy (non-hydrogen) atoms. The maximum Gasteiger partial charge on any atom is 0.124 e.